The lowest BCUT2D eigenvalue weighted by Gasteiger charge is -2.32. The highest BCUT2D eigenvalue weighted by molar-refractivity contribution is 6.30. The Labute approximate surface area is 160 Å². The molecular formula is C23H23ClN2. The lowest BCUT2D eigenvalue weighted by molar-refractivity contribution is 0.202. The molecule has 1 aliphatic heterocycles. The van der Waals surface area contributed by atoms with Crippen LogP contribution >= 0.6 is 11.6 Å². The molecule has 3 heteroatoms. The molecule has 1 aliphatic rings. The molecule has 0 bridgehead atoms. The maximum absolute atomic E-state index is 6.01. The average molecular weight is 363 g/mol. The van der Waals surface area contributed by atoms with Gasteiger partial charge >= 0.3 is 0 Å². The van der Waals surface area contributed by atoms with E-state index in [9.17, 15) is 0 Å². The van der Waals surface area contributed by atoms with Gasteiger partial charge in [-0.2, -0.15) is 0 Å². The number of halogens is 1. The van der Waals surface area contributed by atoms with Gasteiger partial charge in [-0.15, -0.1) is 0 Å². The molecule has 26 heavy (non-hydrogen) atoms. The molecule has 3 aromatic rings. The van der Waals surface area contributed by atoms with Crippen LogP contribution in [-0.2, 0) is 6.54 Å². The van der Waals surface area contributed by atoms with Gasteiger partial charge in [-0.25, -0.2) is 0 Å². The van der Waals surface area contributed by atoms with Gasteiger partial charge in [0.1, 0.15) is 0 Å². The molecule has 0 amide bonds. The third-order valence-electron chi connectivity index (χ3n) is 5.19. The van der Waals surface area contributed by atoms with E-state index in [-0.39, 0.29) is 0 Å². The van der Waals surface area contributed by atoms with Gasteiger partial charge in [0, 0.05) is 17.1 Å². The van der Waals surface area contributed by atoms with E-state index in [0.29, 0.717) is 5.92 Å². The molecule has 2 nitrogen and oxygen atoms in total. The minimum Gasteiger partial charge on any atom is -0.297 e. The number of nitrogens with zero attached hydrogens (tertiary/aromatic N) is 2. The van der Waals surface area contributed by atoms with Crippen LogP contribution in [0.15, 0.2) is 72.8 Å². The molecule has 1 fully saturated rings. The van der Waals surface area contributed by atoms with Gasteiger partial charge in [0.05, 0.1) is 11.4 Å². The Balaban J connectivity index is 1.38. The van der Waals surface area contributed by atoms with Crippen molar-refractivity contribution in [3.63, 3.8) is 0 Å². The van der Waals surface area contributed by atoms with Gasteiger partial charge in [-0.3, -0.25) is 9.88 Å². The predicted molar refractivity (Wildman–Crippen MR) is 108 cm³/mol. The second-order valence-electron chi connectivity index (χ2n) is 6.98. The molecule has 2 heterocycles. The molecule has 0 unspecified atom stereocenters. The first kappa shape index (κ1) is 17.3. The number of benzene rings is 2. The number of hydrogen-bond donors (Lipinski definition) is 0. The highest BCUT2D eigenvalue weighted by Crippen LogP contribution is 2.29. The first-order valence-corrected chi connectivity index (χ1v) is 9.65. The second kappa shape index (κ2) is 8.03. The predicted octanol–water partition coefficient (Wildman–Crippen LogP) is 5.78. The van der Waals surface area contributed by atoms with E-state index in [4.69, 9.17) is 16.6 Å². The van der Waals surface area contributed by atoms with E-state index in [2.05, 4.69) is 59.5 Å². The van der Waals surface area contributed by atoms with Crippen LogP contribution in [0.25, 0.3) is 11.3 Å². The van der Waals surface area contributed by atoms with Gasteiger partial charge in [0.25, 0.3) is 0 Å². The fourth-order valence-corrected chi connectivity index (χ4v) is 3.85. The third-order valence-corrected chi connectivity index (χ3v) is 5.44. The van der Waals surface area contributed by atoms with Crippen LogP contribution < -0.4 is 0 Å². The quantitative estimate of drug-likeness (QED) is 0.584. The topological polar surface area (TPSA) is 16.1 Å². The van der Waals surface area contributed by atoms with E-state index in [1.54, 1.807) is 0 Å². The van der Waals surface area contributed by atoms with Crippen molar-refractivity contribution in [2.75, 3.05) is 13.1 Å². The van der Waals surface area contributed by atoms with E-state index in [1.165, 1.54) is 24.0 Å². The average Bonchev–Trinajstić information content (AvgIpc) is 2.70. The van der Waals surface area contributed by atoms with Crippen LogP contribution in [0.3, 0.4) is 0 Å². The van der Waals surface area contributed by atoms with E-state index >= 15 is 0 Å². The van der Waals surface area contributed by atoms with E-state index in [1.807, 2.05) is 18.2 Å². The Bertz CT molecular complexity index is 838. The zero-order chi connectivity index (χ0) is 17.8. The maximum Gasteiger partial charge on any atom is 0.0705 e. The van der Waals surface area contributed by atoms with Crippen molar-refractivity contribution in [2.45, 2.75) is 25.3 Å². The Morgan fingerprint density at radius 3 is 2.31 bits per heavy atom. The zero-order valence-electron chi connectivity index (χ0n) is 14.8. The third kappa shape index (κ3) is 4.14. The molecule has 4 rings (SSSR count). The van der Waals surface area contributed by atoms with E-state index < -0.39 is 0 Å². The van der Waals surface area contributed by atoms with Crippen LogP contribution in [0, 0.1) is 0 Å². The van der Waals surface area contributed by atoms with Gasteiger partial charge in [-0.05, 0) is 61.7 Å². The summed E-state index contributed by atoms with van der Waals surface area (Å²) < 4.78 is 0. The number of pyridine rings is 1. The molecule has 0 aliphatic carbocycles. The van der Waals surface area contributed by atoms with E-state index in [0.717, 1.165) is 36.0 Å². The fraction of sp³-hybridized carbons (Fsp3) is 0.261. The molecule has 2 aromatic carbocycles. The lowest BCUT2D eigenvalue weighted by Crippen LogP contribution is -2.32. The van der Waals surface area contributed by atoms with Gasteiger partial charge in [0.2, 0.25) is 0 Å². The van der Waals surface area contributed by atoms with Crippen molar-refractivity contribution in [1.82, 2.24) is 9.88 Å². The van der Waals surface area contributed by atoms with Crippen LogP contribution in [0.2, 0.25) is 5.02 Å². The summed E-state index contributed by atoms with van der Waals surface area (Å²) in [5.74, 6) is 0.645. The molecule has 1 aromatic heterocycles. The number of hydrogen-bond acceptors (Lipinski definition) is 2. The van der Waals surface area contributed by atoms with Gasteiger partial charge < -0.3 is 0 Å². The summed E-state index contributed by atoms with van der Waals surface area (Å²) in [7, 11) is 0. The molecule has 132 valence electrons. The molecule has 0 radical (unpaired) electrons. The molecule has 0 N–H and O–H groups in total. The Morgan fingerprint density at radius 1 is 0.846 bits per heavy atom. The summed E-state index contributed by atoms with van der Waals surface area (Å²) in [5.41, 5.74) is 4.80. The smallest absolute Gasteiger partial charge is 0.0705 e. The molecule has 0 spiro atoms. The van der Waals surface area contributed by atoms with Crippen LogP contribution in [-0.4, -0.2) is 23.0 Å². The highest BCUT2D eigenvalue weighted by Gasteiger charge is 2.21. The number of aromatic nitrogens is 1. The van der Waals surface area contributed by atoms with Crippen LogP contribution in [0.1, 0.15) is 30.0 Å². The normalized spacial score (nSPS) is 15.9. The van der Waals surface area contributed by atoms with Gasteiger partial charge in [-0.1, -0.05) is 60.1 Å². The summed E-state index contributed by atoms with van der Waals surface area (Å²) in [4.78, 5) is 7.39. The zero-order valence-corrected chi connectivity index (χ0v) is 15.6. The fourth-order valence-electron chi connectivity index (χ4n) is 3.73. The highest BCUT2D eigenvalue weighted by atomic mass is 35.5. The van der Waals surface area contributed by atoms with Crippen molar-refractivity contribution in [3.8, 4) is 11.3 Å². The monoisotopic (exact) mass is 362 g/mol. The molecule has 0 atom stereocenters. The van der Waals surface area contributed by atoms with Crippen molar-refractivity contribution in [2.24, 2.45) is 0 Å². The lowest BCUT2D eigenvalue weighted by atomic mass is 9.89. The first-order valence-electron chi connectivity index (χ1n) is 9.27. The largest absolute Gasteiger partial charge is 0.297 e. The molecule has 1 saturated heterocycles. The van der Waals surface area contributed by atoms with Gasteiger partial charge in [0.15, 0.2) is 0 Å². The van der Waals surface area contributed by atoms with Crippen LogP contribution in [0.5, 0.6) is 0 Å². The number of piperidine rings is 1. The summed E-state index contributed by atoms with van der Waals surface area (Å²) in [6.07, 6.45) is 2.39. The molecular weight excluding hydrogens is 340 g/mol. The SMILES string of the molecule is Clc1ccc(C2CCN(Cc3cccc(-c4ccccc4)n3)CC2)cc1. The first-order chi connectivity index (χ1) is 12.8. The Hall–Kier alpha value is -2.16. The summed E-state index contributed by atoms with van der Waals surface area (Å²) in [5, 5.41) is 0.815. The summed E-state index contributed by atoms with van der Waals surface area (Å²) >= 11 is 6.01. The Kier molecular flexibility index (Phi) is 5.33. The summed E-state index contributed by atoms with van der Waals surface area (Å²) in [6.45, 7) is 3.16. The molecule has 0 saturated carbocycles. The number of rotatable bonds is 4. The van der Waals surface area contributed by atoms with Crippen molar-refractivity contribution in [3.05, 3.63) is 89.1 Å². The van der Waals surface area contributed by atoms with Crippen molar-refractivity contribution < 1.29 is 0 Å². The Morgan fingerprint density at radius 2 is 1.58 bits per heavy atom. The second-order valence-corrected chi connectivity index (χ2v) is 7.42. The standard InChI is InChI=1S/C23H23ClN2/c24-21-11-9-18(10-12-21)19-13-15-26(16-14-19)17-22-7-4-8-23(25-22)20-5-2-1-3-6-20/h1-12,19H,13-17H2. The number of likely N-dealkylation sites (tertiary alicyclic amines) is 1. The summed E-state index contributed by atoms with van der Waals surface area (Å²) in [6, 6.07) is 25.1. The maximum atomic E-state index is 6.01. The minimum absolute atomic E-state index is 0.645. The van der Waals surface area contributed by atoms with Crippen molar-refractivity contribution >= 4 is 11.6 Å². The van der Waals surface area contributed by atoms with Crippen LogP contribution in [0.4, 0.5) is 0 Å². The minimum atomic E-state index is 0.645. The van der Waals surface area contributed by atoms with Crippen molar-refractivity contribution in [1.29, 1.82) is 0 Å².